The highest BCUT2D eigenvalue weighted by atomic mass is 79.9. The molecule has 0 aliphatic carbocycles. The molecule has 1 heterocycles. The molecule has 0 unspecified atom stereocenters. The Balaban J connectivity index is 2.82. The molecule has 2 aromatic rings. The summed E-state index contributed by atoms with van der Waals surface area (Å²) in [7, 11) is 0. The van der Waals surface area contributed by atoms with Crippen molar-refractivity contribution in [2.24, 2.45) is 0 Å². The smallest absolute Gasteiger partial charge is 0.160 e. The molecule has 0 atom stereocenters. The van der Waals surface area contributed by atoms with Crippen LogP contribution in [0.15, 0.2) is 16.0 Å². The van der Waals surface area contributed by atoms with Crippen molar-refractivity contribution in [3.05, 3.63) is 21.6 Å². The number of anilines is 1. The van der Waals surface area contributed by atoms with Crippen molar-refractivity contribution < 1.29 is 0 Å². The van der Waals surface area contributed by atoms with E-state index in [2.05, 4.69) is 20.9 Å². The topological polar surface area (TPSA) is 62.7 Å². The number of nitrogens with zero attached hydrogens (tertiary/aromatic N) is 2. The average molecular weight is 254 g/mol. The molecule has 2 N–H and O–H groups in total. The maximum atomic E-state index is 8.72. The fraction of sp³-hybridized carbons (Fsp3) is 0. The van der Waals surface area contributed by atoms with Crippen molar-refractivity contribution in [1.29, 1.82) is 5.26 Å². The Bertz CT molecular complexity index is 512. The van der Waals surface area contributed by atoms with Crippen LogP contribution in [0, 0.1) is 11.3 Å². The SMILES string of the molecule is N#Cc1cc2nc(Br)sc2cc1N. The molecule has 64 valence electrons. The molecule has 0 spiro atoms. The molecule has 0 saturated carbocycles. The number of nitrogen functional groups attached to an aromatic ring is 1. The van der Waals surface area contributed by atoms with Crippen LogP contribution >= 0.6 is 27.3 Å². The Kier molecular flexibility index (Phi) is 1.94. The summed E-state index contributed by atoms with van der Waals surface area (Å²) in [5.41, 5.74) is 7.44. The summed E-state index contributed by atoms with van der Waals surface area (Å²) >= 11 is 4.78. The van der Waals surface area contributed by atoms with E-state index in [4.69, 9.17) is 11.0 Å². The zero-order valence-corrected chi connectivity index (χ0v) is 8.82. The van der Waals surface area contributed by atoms with E-state index in [0.29, 0.717) is 11.3 Å². The molecular weight excluding hydrogens is 250 g/mol. The van der Waals surface area contributed by atoms with Gasteiger partial charge in [-0.05, 0) is 28.1 Å². The largest absolute Gasteiger partial charge is 0.398 e. The van der Waals surface area contributed by atoms with Crippen molar-refractivity contribution in [2.45, 2.75) is 0 Å². The van der Waals surface area contributed by atoms with Crippen LogP contribution in [0.3, 0.4) is 0 Å². The van der Waals surface area contributed by atoms with Gasteiger partial charge in [0.15, 0.2) is 3.92 Å². The lowest BCUT2D eigenvalue weighted by Crippen LogP contribution is -1.88. The summed E-state index contributed by atoms with van der Waals surface area (Å²) < 4.78 is 1.79. The van der Waals surface area contributed by atoms with Crippen molar-refractivity contribution >= 4 is 43.2 Å². The summed E-state index contributed by atoms with van der Waals surface area (Å²) in [6.45, 7) is 0. The lowest BCUT2D eigenvalue weighted by molar-refractivity contribution is 1.43. The Morgan fingerprint density at radius 1 is 1.54 bits per heavy atom. The molecule has 2 rings (SSSR count). The van der Waals surface area contributed by atoms with Crippen molar-refractivity contribution in [2.75, 3.05) is 5.73 Å². The van der Waals surface area contributed by atoms with Crippen LogP contribution < -0.4 is 5.73 Å². The maximum absolute atomic E-state index is 8.72. The number of fused-ring (bicyclic) bond motifs is 1. The minimum Gasteiger partial charge on any atom is -0.398 e. The quantitative estimate of drug-likeness (QED) is 0.734. The molecule has 3 nitrogen and oxygen atoms in total. The zero-order valence-electron chi connectivity index (χ0n) is 6.41. The normalized spacial score (nSPS) is 10.2. The third-order valence-corrected chi connectivity index (χ3v) is 3.12. The van der Waals surface area contributed by atoms with E-state index < -0.39 is 0 Å². The van der Waals surface area contributed by atoms with E-state index in [0.717, 1.165) is 14.1 Å². The Morgan fingerprint density at radius 2 is 2.31 bits per heavy atom. The number of nitriles is 1. The van der Waals surface area contributed by atoms with Gasteiger partial charge in [-0.25, -0.2) is 4.98 Å². The fourth-order valence-corrected chi connectivity index (χ4v) is 2.49. The Labute approximate surface area is 86.9 Å². The summed E-state index contributed by atoms with van der Waals surface area (Å²) in [4.78, 5) is 4.19. The lowest BCUT2D eigenvalue weighted by atomic mass is 10.2. The molecule has 0 aliphatic rings. The highest BCUT2D eigenvalue weighted by Crippen LogP contribution is 2.29. The van der Waals surface area contributed by atoms with Crippen LogP contribution in [0.1, 0.15) is 5.56 Å². The van der Waals surface area contributed by atoms with Crippen LogP contribution in [0.25, 0.3) is 10.2 Å². The van der Waals surface area contributed by atoms with Crippen LogP contribution in [-0.4, -0.2) is 4.98 Å². The van der Waals surface area contributed by atoms with Gasteiger partial charge in [0.2, 0.25) is 0 Å². The first kappa shape index (κ1) is 8.48. The molecule has 1 aromatic heterocycles. The van der Waals surface area contributed by atoms with Gasteiger partial charge in [0.25, 0.3) is 0 Å². The van der Waals surface area contributed by atoms with Gasteiger partial charge in [-0.1, -0.05) is 0 Å². The summed E-state index contributed by atoms with van der Waals surface area (Å²) in [6.07, 6.45) is 0. The average Bonchev–Trinajstić information content (AvgIpc) is 2.42. The highest BCUT2D eigenvalue weighted by molar-refractivity contribution is 9.11. The van der Waals surface area contributed by atoms with Crippen molar-refractivity contribution in [3.8, 4) is 6.07 Å². The van der Waals surface area contributed by atoms with E-state index in [1.54, 1.807) is 12.1 Å². The summed E-state index contributed by atoms with van der Waals surface area (Å²) in [6, 6.07) is 5.50. The number of thiazole rings is 1. The molecule has 0 aliphatic heterocycles. The van der Waals surface area contributed by atoms with Gasteiger partial charge in [-0.2, -0.15) is 5.26 Å². The molecule has 0 amide bonds. The van der Waals surface area contributed by atoms with Crippen LogP contribution in [-0.2, 0) is 0 Å². The van der Waals surface area contributed by atoms with Gasteiger partial charge in [0.05, 0.1) is 21.5 Å². The highest BCUT2D eigenvalue weighted by Gasteiger charge is 2.05. The van der Waals surface area contributed by atoms with Gasteiger partial charge >= 0.3 is 0 Å². The van der Waals surface area contributed by atoms with E-state index in [1.165, 1.54) is 11.3 Å². The van der Waals surface area contributed by atoms with Gasteiger partial charge in [0, 0.05) is 0 Å². The monoisotopic (exact) mass is 253 g/mol. The van der Waals surface area contributed by atoms with E-state index in [9.17, 15) is 0 Å². The van der Waals surface area contributed by atoms with E-state index in [-0.39, 0.29) is 0 Å². The third-order valence-electron chi connectivity index (χ3n) is 1.65. The Hall–Kier alpha value is -1.12. The minimum atomic E-state index is 0.477. The second-order valence-corrected chi connectivity index (χ2v) is 4.79. The molecule has 0 fully saturated rings. The van der Waals surface area contributed by atoms with Gasteiger partial charge in [-0.15, -0.1) is 11.3 Å². The van der Waals surface area contributed by atoms with Gasteiger partial charge < -0.3 is 5.73 Å². The number of benzene rings is 1. The fourth-order valence-electron chi connectivity index (χ4n) is 1.06. The molecular formula is C8H4BrN3S. The number of aromatic nitrogens is 1. The third kappa shape index (κ3) is 1.39. The van der Waals surface area contributed by atoms with E-state index in [1.807, 2.05) is 6.07 Å². The number of hydrogen-bond donors (Lipinski definition) is 1. The number of rotatable bonds is 0. The second kappa shape index (κ2) is 2.98. The molecule has 0 radical (unpaired) electrons. The first-order valence-corrected chi connectivity index (χ1v) is 5.07. The van der Waals surface area contributed by atoms with Gasteiger partial charge in [-0.3, -0.25) is 0 Å². The summed E-state index contributed by atoms with van der Waals surface area (Å²) in [5.74, 6) is 0. The van der Waals surface area contributed by atoms with Gasteiger partial charge in [0.1, 0.15) is 6.07 Å². The predicted octanol–water partition coefficient (Wildman–Crippen LogP) is 2.51. The second-order valence-electron chi connectivity index (χ2n) is 2.49. The standard InChI is InChI=1S/C8H4BrN3S/c9-8-12-6-1-4(3-10)5(11)2-7(6)13-8/h1-2H,11H2. The van der Waals surface area contributed by atoms with Crippen LogP contribution in [0.2, 0.25) is 0 Å². The molecule has 0 bridgehead atoms. The number of halogens is 1. The summed E-state index contributed by atoms with van der Waals surface area (Å²) in [5, 5.41) is 8.72. The van der Waals surface area contributed by atoms with E-state index >= 15 is 0 Å². The molecule has 0 saturated heterocycles. The number of nitrogens with two attached hydrogens (primary N) is 1. The molecule has 5 heteroatoms. The minimum absolute atomic E-state index is 0.477. The van der Waals surface area contributed by atoms with Crippen LogP contribution in [0.5, 0.6) is 0 Å². The first-order valence-electron chi connectivity index (χ1n) is 3.46. The van der Waals surface area contributed by atoms with Crippen molar-refractivity contribution in [1.82, 2.24) is 4.98 Å². The predicted molar refractivity (Wildman–Crippen MR) is 56.4 cm³/mol. The van der Waals surface area contributed by atoms with Crippen molar-refractivity contribution in [3.63, 3.8) is 0 Å². The number of hydrogen-bond acceptors (Lipinski definition) is 4. The maximum Gasteiger partial charge on any atom is 0.160 e. The first-order chi connectivity index (χ1) is 6.20. The lowest BCUT2D eigenvalue weighted by Gasteiger charge is -1.94. The molecule has 13 heavy (non-hydrogen) atoms. The molecule has 1 aromatic carbocycles. The zero-order chi connectivity index (χ0) is 9.42. The van der Waals surface area contributed by atoms with Crippen LogP contribution in [0.4, 0.5) is 5.69 Å². The Morgan fingerprint density at radius 3 is 3.00 bits per heavy atom.